The van der Waals surface area contributed by atoms with Crippen LogP contribution in [0.4, 0.5) is 0 Å². The van der Waals surface area contributed by atoms with E-state index in [-0.39, 0.29) is 24.6 Å². The molecule has 1 aromatic rings. The first-order valence-electron chi connectivity index (χ1n) is 10.3. The molecule has 0 radical (unpaired) electrons. The highest BCUT2D eigenvalue weighted by molar-refractivity contribution is 7.93. The number of aliphatic hydroxyl groups is 1. The Morgan fingerprint density at radius 1 is 1.24 bits per heavy atom. The summed E-state index contributed by atoms with van der Waals surface area (Å²) in [5.74, 6) is 0.104. The predicted octanol–water partition coefficient (Wildman–Crippen LogP) is 3.36. The number of fused-ring (bicyclic) bond motifs is 1. The Morgan fingerprint density at radius 2 is 1.90 bits per heavy atom. The summed E-state index contributed by atoms with van der Waals surface area (Å²) in [6, 6.07) is 8.29. The monoisotopic (exact) mass is 416 g/mol. The van der Waals surface area contributed by atoms with E-state index in [9.17, 15) is 13.5 Å². The lowest BCUT2D eigenvalue weighted by molar-refractivity contribution is -0.0553. The molecule has 2 fully saturated rings. The summed E-state index contributed by atoms with van der Waals surface area (Å²) < 4.78 is 27.6. The molecule has 0 aliphatic carbocycles. The summed E-state index contributed by atoms with van der Waals surface area (Å²) in [5.41, 5.74) is 3.02. The van der Waals surface area contributed by atoms with Crippen molar-refractivity contribution in [2.45, 2.75) is 44.7 Å². The van der Waals surface area contributed by atoms with Crippen LogP contribution < -0.4 is 0 Å². The Kier molecular flexibility index (Phi) is 6.79. The number of benzene rings is 1. The molecule has 6 heteroatoms. The van der Waals surface area contributed by atoms with E-state index in [0.29, 0.717) is 18.0 Å². The standard InChI is InChI=1S/C23H32N2O3S/c1-5-17(3)19-9-11-20(12-10-19)23-21-15-24(29(27,28)18(4)6-2)13-7-8-14-25(21)22(23)16-26/h5-6,9-12,21-23,26H,1,3,7-8,13-16H2,2,4H3/b18-6+/t21-,22+,23-/m0/s1. The third-order valence-electron chi connectivity index (χ3n) is 6.40. The first-order valence-corrected chi connectivity index (χ1v) is 11.7. The molecule has 158 valence electrons. The first kappa shape index (κ1) is 22.0. The van der Waals surface area contributed by atoms with E-state index >= 15 is 0 Å². The minimum atomic E-state index is -3.44. The third-order valence-corrected chi connectivity index (χ3v) is 8.46. The first-order chi connectivity index (χ1) is 13.8. The Hall–Kier alpha value is -1.73. The van der Waals surface area contributed by atoms with Crippen molar-refractivity contribution in [2.24, 2.45) is 0 Å². The van der Waals surface area contributed by atoms with Gasteiger partial charge in [-0.3, -0.25) is 4.90 Å². The lowest BCUT2D eigenvalue weighted by Gasteiger charge is -2.57. The van der Waals surface area contributed by atoms with Gasteiger partial charge < -0.3 is 5.11 Å². The molecule has 5 nitrogen and oxygen atoms in total. The van der Waals surface area contributed by atoms with Crippen LogP contribution >= 0.6 is 0 Å². The molecule has 1 N–H and O–H groups in total. The maximum atomic E-state index is 13.0. The Bertz CT molecular complexity index is 889. The molecule has 0 amide bonds. The fraction of sp³-hybridized carbons (Fsp3) is 0.478. The molecule has 0 aromatic heterocycles. The van der Waals surface area contributed by atoms with Crippen LogP contribution in [0.25, 0.3) is 5.57 Å². The van der Waals surface area contributed by atoms with E-state index in [2.05, 4.69) is 30.2 Å². The number of nitrogens with zero attached hydrogens (tertiary/aromatic N) is 2. The zero-order valence-corrected chi connectivity index (χ0v) is 18.2. The summed E-state index contributed by atoms with van der Waals surface area (Å²) in [7, 11) is -3.44. The molecule has 2 aliphatic rings. The van der Waals surface area contributed by atoms with Crippen LogP contribution in [-0.2, 0) is 10.0 Å². The Balaban J connectivity index is 1.90. The maximum absolute atomic E-state index is 13.0. The van der Waals surface area contributed by atoms with Crippen LogP contribution in [0.1, 0.15) is 43.7 Å². The second kappa shape index (κ2) is 8.96. The number of rotatable bonds is 6. The molecule has 29 heavy (non-hydrogen) atoms. The second-order valence-corrected chi connectivity index (χ2v) is 10.0. The fourth-order valence-corrected chi connectivity index (χ4v) is 5.94. The number of sulfonamides is 1. The molecule has 2 heterocycles. The van der Waals surface area contributed by atoms with Crippen LogP contribution in [0.3, 0.4) is 0 Å². The maximum Gasteiger partial charge on any atom is 0.238 e. The van der Waals surface area contributed by atoms with Crippen molar-refractivity contribution in [3.8, 4) is 0 Å². The highest BCUT2D eigenvalue weighted by Crippen LogP contribution is 2.42. The number of hydrogen-bond donors (Lipinski definition) is 1. The van der Waals surface area contributed by atoms with E-state index in [4.69, 9.17) is 0 Å². The van der Waals surface area contributed by atoms with Gasteiger partial charge in [-0.2, -0.15) is 4.31 Å². The van der Waals surface area contributed by atoms with Crippen LogP contribution in [-0.4, -0.2) is 61.1 Å². The SMILES string of the molecule is C=CC(=C)c1ccc([C@@H]2[C@@H](CO)N3CCCCN(S(=O)(=O)/C(C)=C/C)C[C@@H]23)cc1. The van der Waals surface area contributed by atoms with E-state index < -0.39 is 10.0 Å². The van der Waals surface area contributed by atoms with Crippen LogP contribution in [0.5, 0.6) is 0 Å². The van der Waals surface area contributed by atoms with Crippen molar-refractivity contribution in [3.63, 3.8) is 0 Å². The van der Waals surface area contributed by atoms with Crippen LogP contribution in [0.2, 0.25) is 0 Å². The molecular weight excluding hydrogens is 384 g/mol. The quantitative estimate of drug-likeness (QED) is 0.723. The van der Waals surface area contributed by atoms with Crippen molar-refractivity contribution in [1.29, 1.82) is 0 Å². The largest absolute Gasteiger partial charge is 0.395 e. The van der Waals surface area contributed by atoms with Gasteiger partial charge in [-0.15, -0.1) is 0 Å². The van der Waals surface area contributed by atoms with E-state index in [1.165, 1.54) is 0 Å². The summed E-state index contributed by atoms with van der Waals surface area (Å²) in [6.45, 7) is 13.1. The Morgan fingerprint density at radius 3 is 2.48 bits per heavy atom. The third kappa shape index (κ3) is 4.12. The van der Waals surface area contributed by atoms with Crippen molar-refractivity contribution < 1.29 is 13.5 Å². The van der Waals surface area contributed by atoms with Gasteiger partial charge in [0.2, 0.25) is 10.0 Å². The Labute approximate surface area is 175 Å². The minimum Gasteiger partial charge on any atom is -0.395 e. The average Bonchev–Trinajstić information content (AvgIpc) is 2.71. The molecule has 0 spiro atoms. The normalized spacial score (nSPS) is 26.7. The highest BCUT2D eigenvalue weighted by atomic mass is 32.2. The molecule has 0 unspecified atom stereocenters. The van der Waals surface area contributed by atoms with Gasteiger partial charge in [-0.1, -0.05) is 49.6 Å². The second-order valence-electron chi connectivity index (χ2n) is 7.90. The smallest absolute Gasteiger partial charge is 0.238 e. The number of hydrogen-bond acceptors (Lipinski definition) is 4. The number of allylic oxidation sites excluding steroid dienone is 4. The van der Waals surface area contributed by atoms with Gasteiger partial charge in [0.25, 0.3) is 0 Å². The van der Waals surface area contributed by atoms with E-state index in [1.807, 2.05) is 12.1 Å². The van der Waals surface area contributed by atoms with Gasteiger partial charge in [-0.05, 0) is 49.9 Å². The van der Waals surface area contributed by atoms with Crippen LogP contribution in [0, 0.1) is 0 Å². The van der Waals surface area contributed by atoms with Gasteiger partial charge in [0.1, 0.15) is 0 Å². The van der Waals surface area contributed by atoms with Gasteiger partial charge in [-0.25, -0.2) is 8.42 Å². The number of aliphatic hydroxyl groups excluding tert-OH is 1. The predicted molar refractivity (Wildman–Crippen MR) is 119 cm³/mol. The van der Waals surface area contributed by atoms with Crippen molar-refractivity contribution in [2.75, 3.05) is 26.2 Å². The average molecular weight is 417 g/mol. The molecule has 2 aliphatic heterocycles. The summed E-state index contributed by atoms with van der Waals surface area (Å²) in [6.07, 6.45) is 5.16. The van der Waals surface area contributed by atoms with Crippen molar-refractivity contribution in [3.05, 3.63) is 65.6 Å². The van der Waals surface area contributed by atoms with Gasteiger partial charge in [0.05, 0.1) is 11.5 Å². The van der Waals surface area contributed by atoms with Gasteiger partial charge in [0, 0.05) is 31.1 Å². The lowest BCUT2D eigenvalue weighted by atomic mass is 9.74. The molecular formula is C23H32N2O3S. The summed E-state index contributed by atoms with van der Waals surface area (Å²) in [5, 5.41) is 10.0. The van der Waals surface area contributed by atoms with E-state index in [1.54, 1.807) is 30.3 Å². The van der Waals surface area contributed by atoms with Crippen molar-refractivity contribution >= 4 is 15.6 Å². The molecule has 0 bridgehead atoms. The van der Waals surface area contributed by atoms with Crippen LogP contribution in [0.15, 0.2) is 54.5 Å². The van der Waals surface area contributed by atoms with Gasteiger partial charge in [0.15, 0.2) is 0 Å². The molecule has 3 rings (SSSR count). The summed E-state index contributed by atoms with van der Waals surface area (Å²) >= 11 is 0. The lowest BCUT2D eigenvalue weighted by Crippen LogP contribution is -2.67. The van der Waals surface area contributed by atoms with Crippen molar-refractivity contribution in [1.82, 2.24) is 9.21 Å². The molecule has 1 aromatic carbocycles. The van der Waals surface area contributed by atoms with E-state index in [0.717, 1.165) is 36.1 Å². The highest BCUT2D eigenvalue weighted by Gasteiger charge is 2.50. The molecule has 2 saturated heterocycles. The minimum absolute atomic E-state index is 0.0268. The topological polar surface area (TPSA) is 60.9 Å². The zero-order valence-electron chi connectivity index (χ0n) is 17.4. The zero-order chi connectivity index (χ0) is 21.2. The van der Waals surface area contributed by atoms with Gasteiger partial charge >= 0.3 is 0 Å². The molecule has 0 saturated carbocycles. The molecule has 3 atom stereocenters. The fourth-order valence-electron chi connectivity index (χ4n) is 4.52. The summed E-state index contributed by atoms with van der Waals surface area (Å²) in [4.78, 5) is 2.68.